The maximum Gasteiger partial charge on any atom is 0.337 e. The van der Waals surface area contributed by atoms with Gasteiger partial charge in [0, 0.05) is 6.54 Å². The first-order chi connectivity index (χ1) is 12.0. The van der Waals surface area contributed by atoms with Crippen LogP contribution in [0.25, 0.3) is 0 Å². The molecule has 0 atom stereocenters. The number of halogens is 1. The van der Waals surface area contributed by atoms with Gasteiger partial charge in [-0.05, 0) is 38.1 Å². The van der Waals surface area contributed by atoms with E-state index < -0.39 is 5.97 Å². The minimum absolute atomic E-state index is 0.153. The summed E-state index contributed by atoms with van der Waals surface area (Å²) in [5.41, 5.74) is 3.45. The van der Waals surface area contributed by atoms with Gasteiger partial charge in [-0.3, -0.25) is 9.48 Å². The minimum atomic E-state index is -0.451. The Hall–Kier alpha value is -2.54. The molecule has 0 spiro atoms. The quantitative estimate of drug-likeness (QED) is 0.583. The van der Waals surface area contributed by atoms with E-state index in [0.29, 0.717) is 23.5 Å². The first-order valence-electron chi connectivity index (χ1n) is 7.83. The zero-order valence-corrected chi connectivity index (χ0v) is 15.2. The third-order valence-corrected chi connectivity index (χ3v) is 3.82. The molecule has 0 aliphatic carbocycles. The zero-order valence-electron chi connectivity index (χ0n) is 14.4. The molecule has 2 rings (SSSR count). The lowest BCUT2D eigenvalue weighted by Gasteiger charge is -2.14. The van der Waals surface area contributed by atoms with E-state index >= 15 is 0 Å². The Bertz CT molecular complexity index is 773. The van der Waals surface area contributed by atoms with Crippen LogP contribution in [0.2, 0.25) is 0 Å². The molecule has 1 heterocycles. The number of aromatic nitrogens is 2. The van der Waals surface area contributed by atoms with Crippen LogP contribution in [-0.4, -0.2) is 34.6 Å². The summed E-state index contributed by atoms with van der Waals surface area (Å²) in [5, 5.41) is 10.3. The van der Waals surface area contributed by atoms with Crippen LogP contribution in [0, 0.1) is 6.92 Å². The van der Waals surface area contributed by atoms with Gasteiger partial charge in [-0.15, -0.1) is 11.6 Å². The molecule has 25 heavy (non-hydrogen) atoms. The summed E-state index contributed by atoms with van der Waals surface area (Å²) in [6, 6.07) is 6.84. The van der Waals surface area contributed by atoms with Crippen LogP contribution in [-0.2, 0) is 22.6 Å². The highest BCUT2D eigenvalue weighted by molar-refractivity contribution is 6.29. The molecular weight excluding hydrogens is 344 g/mol. The van der Waals surface area contributed by atoms with Crippen molar-refractivity contribution in [2.45, 2.75) is 26.9 Å². The molecule has 7 nitrogen and oxygen atoms in total. The number of methoxy groups -OCH3 is 1. The maximum atomic E-state index is 11.8. The number of nitrogens with one attached hydrogen (secondary N) is 2. The average molecular weight is 365 g/mol. The van der Waals surface area contributed by atoms with Crippen molar-refractivity contribution in [1.29, 1.82) is 0 Å². The van der Waals surface area contributed by atoms with E-state index in [-0.39, 0.29) is 11.8 Å². The molecule has 0 aliphatic heterocycles. The topological polar surface area (TPSA) is 85.2 Å². The summed E-state index contributed by atoms with van der Waals surface area (Å²) in [4.78, 5) is 23.4. The number of carbonyl (C=O) groups excluding carboxylic acids is 2. The van der Waals surface area contributed by atoms with Gasteiger partial charge in [0.15, 0.2) is 0 Å². The third-order valence-electron chi connectivity index (χ3n) is 3.58. The fourth-order valence-corrected chi connectivity index (χ4v) is 2.50. The Morgan fingerprint density at radius 2 is 2.04 bits per heavy atom. The highest BCUT2D eigenvalue weighted by Crippen LogP contribution is 2.25. The van der Waals surface area contributed by atoms with Gasteiger partial charge in [0.25, 0.3) is 0 Å². The molecular formula is C17H21ClN4O3. The highest BCUT2D eigenvalue weighted by Gasteiger charge is 2.13. The number of alkyl halides is 1. The van der Waals surface area contributed by atoms with E-state index in [9.17, 15) is 9.59 Å². The van der Waals surface area contributed by atoms with E-state index in [4.69, 9.17) is 16.3 Å². The molecule has 134 valence electrons. The van der Waals surface area contributed by atoms with Crippen molar-refractivity contribution in [2.75, 3.05) is 23.6 Å². The Labute approximate surface area is 151 Å². The van der Waals surface area contributed by atoms with Gasteiger partial charge >= 0.3 is 5.97 Å². The number of anilines is 2. The normalized spacial score (nSPS) is 10.4. The lowest BCUT2D eigenvalue weighted by atomic mass is 10.1. The van der Waals surface area contributed by atoms with Gasteiger partial charge in [-0.2, -0.15) is 5.10 Å². The molecule has 8 heteroatoms. The van der Waals surface area contributed by atoms with E-state index in [2.05, 4.69) is 15.7 Å². The molecule has 2 N–H and O–H groups in total. The number of hydrogen-bond acceptors (Lipinski definition) is 5. The van der Waals surface area contributed by atoms with Gasteiger partial charge in [0.2, 0.25) is 5.91 Å². The minimum Gasteiger partial charge on any atom is -0.465 e. The first kappa shape index (κ1) is 18.8. The molecule has 0 bridgehead atoms. The number of nitrogens with zero attached hydrogens (tertiary/aromatic N) is 2. The largest absolute Gasteiger partial charge is 0.465 e. The van der Waals surface area contributed by atoms with Crippen molar-refractivity contribution in [2.24, 2.45) is 0 Å². The Kier molecular flexibility index (Phi) is 6.41. The summed E-state index contributed by atoms with van der Waals surface area (Å²) in [7, 11) is 1.32. The monoisotopic (exact) mass is 364 g/mol. The smallest absolute Gasteiger partial charge is 0.337 e. The van der Waals surface area contributed by atoms with Gasteiger partial charge in [-0.1, -0.05) is 0 Å². The van der Waals surface area contributed by atoms with E-state index in [1.165, 1.54) is 7.11 Å². The molecule has 0 aliphatic rings. The van der Waals surface area contributed by atoms with Gasteiger partial charge in [0.1, 0.15) is 5.88 Å². The zero-order chi connectivity index (χ0) is 18.4. The van der Waals surface area contributed by atoms with Crippen molar-refractivity contribution >= 4 is 34.9 Å². The lowest BCUT2D eigenvalue weighted by Crippen LogP contribution is -2.15. The standard InChI is InChI=1S/C17H21ClN4O3/c1-4-22-13(7-11(2)21-22)10-19-15-8-12(17(24)25-3)5-6-14(15)20-16(23)9-18/h5-8,19H,4,9-10H2,1-3H3,(H,20,23). The molecule has 1 aromatic heterocycles. The fourth-order valence-electron chi connectivity index (χ4n) is 2.43. The second-order valence-electron chi connectivity index (χ2n) is 5.38. The number of amides is 1. The third kappa shape index (κ3) is 4.73. The number of rotatable bonds is 7. The van der Waals surface area contributed by atoms with Crippen molar-refractivity contribution in [3.8, 4) is 0 Å². The summed E-state index contributed by atoms with van der Waals surface area (Å²) in [6.45, 7) is 5.19. The number of hydrogen-bond donors (Lipinski definition) is 2. The Morgan fingerprint density at radius 1 is 1.28 bits per heavy atom. The Morgan fingerprint density at radius 3 is 2.68 bits per heavy atom. The molecule has 0 saturated heterocycles. The fraction of sp³-hybridized carbons (Fsp3) is 0.353. The van der Waals surface area contributed by atoms with Crippen LogP contribution in [0.4, 0.5) is 11.4 Å². The summed E-state index contributed by atoms with van der Waals surface area (Å²) in [6.07, 6.45) is 0. The van der Waals surface area contributed by atoms with Crippen molar-refractivity contribution in [1.82, 2.24) is 9.78 Å². The highest BCUT2D eigenvalue weighted by atomic mass is 35.5. The number of ether oxygens (including phenoxy) is 1. The number of benzene rings is 1. The molecule has 0 unspecified atom stereocenters. The van der Waals surface area contributed by atoms with Gasteiger partial charge in [0.05, 0.1) is 42.0 Å². The van der Waals surface area contributed by atoms with Crippen LogP contribution < -0.4 is 10.6 Å². The van der Waals surface area contributed by atoms with Crippen LogP contribution in [0.3, 0.4) is 0 Å². The Balaban J connectivity index is 2.27. The predicted molar refractivity (Wildman–Crippen MR) is 97.1 cm³/mol. The molecule has 1 aromatic carbocycles. The number of esters is 1. The van der Waals surface area contributed by atoms with Crippen LogP contribution in [0.15, 0.2) is 24.3 Å². The summed E-state index contributed by atoms with van der Waals surface area (Å²) in [5.74, 6) is -0.933. The summed E-state index contributed by atoms with van der Waals surface area (Å²) < 4.78 is 6.64. The summed E-state index contributed by atoms with van der Waals surface area (Å²) >= 11 is 5.56. The first-order valence-corrected chi connectivity index (χ1v) is 8.37. The van der Waals surface area contributed by atoms with Crippen LogP contribution >= 0.6 is 11.6 Å². The van der Waals surface area contributed by atoms with Crippen LogP contribution in [0.5, 0.6) is 0 Å². The van der Waals surface area contributed by atoms with Crippen LogP contribution in [0.1, 0.15) is 28.7 Å². The SMILES string of the molecule is CCn1nc(C)cc1CNc1cc(C(=O)OC)ccc1NC(=O)CCl. The molecule has 0 saturated carbocycles. The van der Waals surface area contributed by atoms with Crippen molar-refractivity contribution in [3.05, 3.63) is 41.2 Å². The lowest BCUT2D eigenvalue weighted by molar-refractivity contribution is -0.113. The van der Waals surface area contributed by atoms with E-state index in [1.54, 1.807) is 18.2 Å². The average Bonchev–Trinajstić information content (AvgIpc) is 2.99. The maximum absolute atomic E-state index is 11.8. The number of aryl methyl sites for hydroxylation is 2. The predicted octanol–water partition coefficient (Wildman–Crippen LogP) is 2.79. The molecule has 0 radical (unpaired) electrons. The van der Waals surface area contributed by atoms with E-state index in [0.717, 1.165) is 17.9 Å². The van der Waals surface area contributed by atoms with Crippen molar-refractivity contribution in [3.63, 3.8) is 0 Å². The van der Waals surface area contributed by atoms with Crippen molar-refractivity contribution < 1.29 is 14.3 Å². The van der Waals surface area contributed by atoms with Gasteiger partial charge in [-0.25, -0.2) is 4.79 Å². The number of carbonyl (C=O) groups is 2. The van der Waals surface area contributed by atoms with Gasteiger partial charge < -0.3 is 15.4 Å². The molecule has 2 aromatic rings. The molecule has 1 amide bonds. The van der Waals surface area contributed by atoms with E-state index in [1.807, 2.05) is 24.6 Å². The molecule has 0 fully saturated rings. The second kappa shape index (κ2) is 8.53. The second-order valence-corrected chi connectivity index (χ2v) is 5.65.